The monoisotopic (exact) mass is 292 g/mol. The molecule has 1 heterocycles. The van der Waals surface area contributed by atoms with Gasteiger partial charge in [0.1, 0.15) is 12.2 Å². The maximum absolute atomic E-state index is 11.8. The van der Waals surface area contributed by atoms with E-state index in [-0.39, 0.29) is 36.0 Å². The molecule has 2 rings (SSSR count). The molecule has 1 aliphatic carbocycles. The lowest BCUT2D eigenvalue weighted by molar-refractivity contribution is -0.145. The van der Waals surface area contributed by atoms with Crippen LogP contribution in [0.4, 0.5) is 0 Å². The van der Waals surface area contributed by atoms with Crippen LogP contribution in [0, 0.1) is 11.8 Å². The highest BCUT2D eigenvalue weighted by atomic mass is 16.6. The Kier molecular flexibility index (Phi) is 4.86. The molecule has 0 bridgehead atoms. The molecule has 0 aromatic carbocycles. The maximum atomic E-state index is 11.8. The van der Waals surface area contributed by atoms with Crippen LogP contribution in [0.25, 0.3) is 0 Å². The first-order valence-corrected chi connectivity index (χ1v) is 7.60. The van der Waals surface area contributed by atoms with Crippen LogP contribution in [0.3, 0.4) is 0 Å². The standard InChI is InChI=1S/C17H24O4/c1-10-5-7-14-12(3)17(19)21-16(14)9-11(2)15(8-6-10)20-13(4)18/h6,9,12,14-16H,5,7-8H2,1-4H3/b10-6+,11-9+/t12-,14+,15+,16+/m1/s1. The van der Waals surface area contributed by atoms with Crippen molar-refractivity contribution in [1.29, 1.82) is 0 Å². The first-order chi connectivity index (χ1) is 9.88. The second kappa shape index (κ2) is 6.46. The molecule has 0 amide bonds. The van der Waals surface area contributed by atoms with E-state index in [1.807, 2.05) is 19.9 Å². The van der Waals surface area contributed by atoms with Crippen LogP contribution in [0.2, 0.25) is 0 Å². The van der Waals surface area contributed by atoms with Gasteiger partial charge in [-0.1, -0.05) is 18.6 Å². The predicted molar refractivity (Wildman–Crippen MR) is 79.5 cm³/mol. The summed E-state index contributed by atoms with van der Waals surface area (Å²) in [4.78, 5) is 23.1. The van der Waals surface area contributed by atoms with Crippen LogP contribution in [-0.4, -0.2) is 24.1 Å². The molecule has 116 valence electrons. The molecule has 4 heteroatoms. The molecule has 0 radical (unpaired) electrons. The zero-order chi connectivity index (χ0) is 15.6. The topological polar surface area (TPSA) is 52.6 Å². The number of carbonyl (C=O) groups is 2. The van der Waals surface area contributed by atoms with E-state index in [2.05, 4.69) is 13.0 Å². The summed E-state index contributed by atoms with van der Waals surface area (Å²) in [6.45, 7) is 7.38. The lowest BCUT2D eigenvalue weighted by Gasteiger charge is -2.23. The number of rotatable bonds is 1. The summed E-state index contributed by atoms with van der Waals surface area (Å²) in [5.74, 6) is -0.284. The van der Waals surface area contributed by atoms with E-state index in [9.17, 15) is 9.59 Å². The minimum absolute atomic E-state index is 0.0709. The molecule has 4 atom stereocenters. The third-order valence-corrected chi connectivity index (χ3v) is 4.48. The van der Waals surface area contributed by atoms with Crippen LogP contribution in [0.15, 0.2) is 23.3 Å². The van der Waals surface area contributed by atoms with Crippen molar-refractivity contribution in [2.45, 2.75) is 59.2 Å². The number of carbonyl (C=O) groups excluding carboxylic acids is 2. The largest absolute Gasteiger partial charge is 0.458 e. The van der Waals surface area contributed by atoms with Crippen molar-refractivity contribution in [2.24, 2.45) is 11.8 Å². The minimum Gasteiger partial charge on any atom is -0.458 e. The van der Waals surface area contributed by atoms with Crippen LogP contribution in [-0.2, 0) is 19.1 Å². The molecule has 1 fully saturated rings. The van der Waals surface area contributed by atoms with Crippen molar-refractivity contribution >= 4 is 11.9 Å². The maximum Gasteiger partial charge on any atom is 0.309 e. The number of esters is 2. The Morgan fingerprint density at radius 3 is 2.76 bits per heavy atom. The average molecular weight is 292 g/mol. The van der Waals surface area contributed by atoms with Crippen molar-refractivity contribution < 1.29 is 19.1 Å². The molecule has 0 saturated carbocycles. The lowest BCUT2D eigenvalue weighted by atomic mass is 9.84. The normalized spacial score (nSPS) is 38.4. The summed E-state index contributed by atoms with van der Waals surface area (Å²) in [6, 6.07) is 0. The number of ether oxygens (including phenoxy) is 2. The van der Waals surface area contributed by atoms with Gasteiger partial charge >= 0.3 is 11.9 Å². The first kappa shape index (κ1) is 15.8. The Bertz CT molecular complexity index is 489. The van der Waals surface area contributed by atoms with E-state index in [1.165, 1.54) is 12.5 Å². The highest BCUT2D eigenvalue weighted by Gasteiger charge is 2.40. The van der Waals surface area contributed by atoms with Crippen molar-refractivity contribution in [3.05, 3.63) is 23.3 Å². The van der Waals surface area contributed by atoms with Gasteiger partial charge in [0.05, 0.1) is 5.92 Å². The Labute approximate surface area is 126 Å². The van der Waals surface area contributed by atoms with Crippen LogP contribution < -0.4 is 0 Å². The average Bonchev–Trinajstić information content (AvgIpc) is 2.66. The number of hydrogen-bond acceptors (Lipinski definition) is 4. The Hall–Kier alpha value is -1.58. The summed E-state index contributed by atoms with van der Waals surface area (Å²) >= 11 is 0. The Morgan fingerprint density at radius 1 is 1.38 bits per heavy atom. The number of fused-ring (bicyclic) bond motifs is 1. The molecular formula is C17H24O4. The van der Waals surface area contributed by atoms with Crippen molar-refractivity contribution in [2.75, 3.05) is 0 Å². The fourth-order valence-corrected chi connectivity index (χ4v) is 3.06. The molecule has 1 aliphatic heterocycles. The molecule has 0 aromatic heterocycles. The van der Waals surface area contributed by atoms with Gasteiger partial charge in [-0.2, -0.15) is 0 Å². The highest BCUT2D eigenvalue weighted by molar-refractivity contribution is 5.75. The van der Waals surface area contributed by atoms with Gasteiger partial charge in [0, 0.05) is 19.3 Å². The predicted octanol–water partition coefficient (Wildman–Crippen LogP) is 3.17. The van der Waals surface area contributed by atoms with Gasteiger partial charge in [0.2, 0.25) is 0 Å². The second-order valence-corrected chi connectivity index (χ2v) is 6.19. The van der Waals surface area contributed by atoms with Gasteiger partial charge in [-0.15, -0.1) is 0 Å². The quantitative estimate of drug-likeness (QED) is 0.550. The molecule has 0 aromatic rings. The molecular weight excluding hydrogens is 268 g/mol. The van der Waals surface area contributed by atoms with E-state index in [4.69, 9.17) is 9.47 Å². The first-order valence-electron chi connectivity index (χ1n) is 7.60. The van der Waals surface area contributed by atoms with E-state index < -0.39 is 0 Å². The van der Waals surface area contributed by atoms with Gasteiger partial charge in [-0.05, 0) is 38.3 Å². The summed E-state index contributed by atoms with van der Waals surface area (Å²) in [6.07, 6.45) is 6.20. The molecule has 4 nitrogen and oxygen atoms in total. The highest BCUT2D eigenvalue weighted by Crippen LogP contribution is 2.35. The molecule has 0 unspecified atom stereocenters. The molecule has 1 saturated heterocycles. The summed E-state index contributed by atoms with van der Waals surface area (Å²) in [7, 11) is 0. The number of allylic oxidation sites excluding steroid dienone is 1. The van der Waals surface area contributed by atoms with Gasteiger partial charge < -0.3 is 9.47 Å². The fraction of sp³-hybridized carbons (Fsp3) is 0.647. The van der Waals surface area contributed by atoms with Crippen molar-refractivity contribution in [3.63, 3.8) is 0 Å². The van der Waals surface area contributed by atoms with Gasteiger partial charge in [-0.25, -0.2) is 0 Å². The van der Waals surface area contributed by atoms with E-state index in [0.29, 0.717) is 6.42 Å². The van der Waals surface area contributed by atoms with Crippen LogP contribution in [0.5, 0.6) is 0 Å². The van der Waals surface area contributed by atoms with Gasteiger partial charge in [0.25, 0.3) is 0 Å². The van der Waals surface area contributed by atoms with Crippen LogP contribution >= 0.6 is 0 Å². The van der Waals surface area contributed by atoms with E-state index in [1.54, 1.807) is 0 Å². The summed E-state index contributed by atoms with van der Waals surface area (Å²) < 4.78 is 10.9. The molecule has 21 heavy (non-hydrogen) atoms. The van der Waals surface area contributed by atoms with Crippen molar-refractivity contribution in [1.82, 2.24) is 0 Å². The van der Waals surface area contributed by atoms with Gasteiger partial charge in [0.15, 0.2) is 0 Å². The third-order valence-electron chi connectivity index (χ3n) is 4.48. The second-order valence-electron chi connectivity index (χ2n) is 6.19. The smallest absolute Gasteiger partial charge is 0.309 e. The van der Waals surface area contributed by atoms with Gasteiger partial charge in [-0.3, -0.25) is 9.59 Å². The van der Waals surface area contributed by atoms with E-state index >= 15 is 0 Å². The molecule has 2 aliphatic rings. The summed E-state index contributed by atoms with van der Waals surface area (Å²) in [5.41, 5.74) is 2.22. The lowest BCUT2D eigenvalue weighted by Crippen LogP contribution is -2.23. The molecule has 0 spiro atoms. The minimum atomic E-state index is -0.288. The Morgan fingerprint density at radius 2 is 2.10 bits per heavy atom. The zero-order valence-corrected chi connectivity index (χ0v) is 13.2. The summed E-state index contributed by atoms with van der Waals surface area (Å²) in [5, 5.41) is 0. The van der Waals surface area contributed by atoms with Crippen LogP contribution in [0.1, 0.15) is 47.0 Å². The van der Waals surface area contributed by atoms with E-state index in [0.717, 1.165) is 18.4 Å². The number of hydrogen-bond donors (Lipinski definition) is 0. The fourth-order valence-electron chi connectivity index (χ4n) is 3.06. The third kappa shape index (κ3) is 3.74. The zero-order valence-electron chi connectivity index (χ0n) is 13.2. The molecule has 0 N–H and O–H groups in total. The Balaban J connectivity index is 2.28. The SMILES string of the molecule is CC(=O)O[C@H]1C/C=C(\C)CC[C@@H]2[C@H](/C=C/1C)OC(=O)[C@@H]2C. The van der Waals surface area contributed by atoms with Crippen molar-refractivity contribution in [3.8, 4) is 0 Å².